The Balaban J connectivity index is 1.59. The summed E-state index contributed by atoms with van der Waals surface area (Å²) >= 11 is 0. The van der Waals surface area contributed by atoms with E-state index in [1.54, 1.807) is 7.05 Å². The van der Waals surface area contributed by atoms with Crippen LogP contribution in [-0.2, 0) is 58.4 Å². The van der Waals surface area contributed by atoms with Crippen LogP contribution in [0.1, 0.15) is 208 Å². The van der Waals surface area contributed by atoms with E-state index in [0.29, 0.717) is 19.4 Å². The molecule has 0 radical (unpaired) electrons. The molecule has 0 aliphatic rings. The van der Waals surface area contributed by atoms with Crippen molar-refractivity contribution in [2.45, 2.75) is 221 Å². The van der Waals surface area contributed by atoms with Crippen molar-refractivity contribution in [2.75, 3.05) is 33.4 Å². The Bertz CT molecular complexity index is 1490. The first kappa shape index (κ1) is 54.7. The number of ether oxygens (including phenoxy) is 2. The van der Waals surface area contributed by atoms with E-state index in [4.69, 9.17) is 27.4 Å². The zero-order valence-electron chi connectivity index (χ0n) is 39.4. The lowest BCUT2D eigenvalue weighted by atomic mass is 10.0. The smallest absolute Gasteiger partial charge is 0.466 e. The molecule has 12 heteroatoms. The molecule has 2 heterocycles. The third-order valence-electron chi connectivity index (χ3n) is 11.6. The van der Waals surface area contributed by atoms with Crippen LogP contribution in [-0.4, -0.2) is 56.3 Å². The molecule has 0 fully saturated rings. The van der Waals surface area contributed by atoms with Crippen LogP contribution in [0.15, 0.2) is 14.9 Å². The predicted molar refractivity (Wildman–Crippen MR) is 245 cm³/mol. The minimum absolute atomic E-state index is 0.0282. The minimum atomic E-state index is -4.37. The molecule has 11 nitrogen and oxygen atoms in total. The normalized spacial score (nSPS) is 13.1. The van der Waals surface area contributed by atoms with Crippen LogP contribution in [0.4, 0.5) is 0 Å². The molecule has 0 spiro atoms. The van der Waals surface area contributed by atoms with Crippen LogP contribution >= 0.6 is 7.82 Å². The van der Waals surface area contributed by atoms with E-state index in [9.17, 15) is 19.0 Å². The average molecular weight is 880 g/mol. The van der Waals surface area contributed by atoms with Gasteiger partial charge in [0.05, 0.1) is 13.2 Å². The van der Waals surface area contributed by atoms with E-state index in [-0.39, 0.29) is 26.1 Å². The SMILES string of the molecule is CCCCCc1cc(C)c(CCCCCCCCCCC(=O)OC[C@H](COP(=O)(O)OCCNC)OC(=O)CCCCCCCCCCc2oc(CCCCC)c(C)c2C)o1. The number of hydrogen-bond acceptors (Lipinski definition) is 10. The van der Waals surface area contributed by atoms with Gasteiger partial charge in [0.15, 0.2) is 6.10 Å². The van der Waals surface area contributed by atoms with Crippen molar-refractivity contribution in [1.29, 1.82) is 0 Å². The molecule has 0 saturated carbocycles. The minimum Gasteiger partial charge on any atom is -0.466 e. The fourth-order valence-corrected chi connectivity index (χ4v) is 8.32. The van der Waals surface area contributed by atoms with Gasteiger partial charge in [-0.1, -0.05) is 117 Å². The number of rotatable bonds is 40. The molecule has 2 atom stereocenters. The van der Waals surface area contributed by atoms with Gasteiger partial charge >= 0.3 is 19.8 Å². The second-order valence-electron chi connectivity index (χ2n) is 17.1. The van der Waals surface area contributed by atoms with Crippen LogP contribution in [0.3, 0.4) is 0 Å². The number of nitrogens with one attached hydrogen (secondary N) is 1. The second-order valence-corrected chi connectivity index (χ2v) is 18.5. The maximum atomic E-state index is 12.7. The largest absolute Gasteiger partial charge is 0.472 e. The van der Waals surface area contributed by atoms with Crippen molar-refractivity contribution < 1.29 is 46.4 Å². The molecule has 0 aliphatic heterocycles. The highest BCUT2D eigenvalue weighted by atomic mass is 31.2. The van der Waals surface area contributed by atoms with E-state index in [1.807, 2.05) is 0 Å². The van der Waals surface area contributed by atoms with Crippen LogP contribution < -0.4 is 5.32 Å². The highest BCUT2D eigenvalue weighted by molar-refractivity contribution is 7.47. The molecule has 0 saturated heterocycles. The molecule has 1 unspecified atom stereocenters. The molecule has 61 heavy (non-hydrogen) atoms. The summed E-state index contributed by atoms with van der Waals surface area (Å²) in [6, 6.07) is 2.21. The van der Waals surface area contributed by atoms with Gasteiger partial charge in [-0.2, -0.15) is 0 Å². The number of carbonyl (C=O) groups excluding carboxylic acids is 2. The van der Waals surface area contributed by atoms with Gasteiger partial charge in [0.1, 0.15) is 29.6 Å². The Morgan fingerprint density at radius 3 is 1.64 bits per heavy atom. The van der Waals surface area contributed by atoms with Crippen molar-refractivity contribution in [3.05, 3.63) is 45.8 Å². The van der Waals surface area contributed by atoms with Crippen LogP contribution in [0.5, 0.6) is 0 Å². The number of esters is 2. The predicted octanol–water partition coefficient (Wildman–Crippen LogP) is 12.9. The number of hydrogen-bond donors (Lipinski definition) is 2. The van der Waals surface area contributed by atoms with Gasteiger partial charge in [-0.25, -0.2) is 4.57 Å². The van der Waals surface area contributed by atoms with E-state index in [2.05, 4.69) is 46.0 Å². The lowest BCUT2D eigenvalue weighted by Crippen LogP contribution is -2.29. The van der Waals surface area contributed by atoms with Gasteiger partial charge in [-0.15, -0.1) is 0 Å². The van der Waals surface area contributed by atoms with Crippen molar-refractivity contribution in [2.24, 2.45) is 0 Å². The second kappa shape index (κ2) is 34.0. The zero-order valence-corrected chi connectivity index (χ0v) is 40.2. The summed E-state index contributed by atoms with van der Waals surface area (Å²) < 4.78 is 45.7. The summed E-state index contributed by atoms with van der Waals surface area (Å²) in [5, 5.41) is 2.83. The summed E-state index contributed by atoms with van der Waals surface area (Å²) in [5.74, 6) is 3.77. The maximum Gasteiger partial charge on any atom is 0.472 e. The number of furan rings is 2. The number of carbonyl (C=O) groups is 2. The first-order valence-corrected chi connectivity index (χ1v) is 25.8. The van der Waals surface area contributed by atoms with Crippen LogP contribution in [0, 0.1) is 20.8 Å². The molecule has 0 amide bonds. The molecule has 0 aliphatic carbocycles. The van der Waals surface area contributed by atoms with Gasteiger partial charge in [-0.3, -0.25) is 18.6 Å². The molecule has 0 bridgehead atoms. The Hall–Kier alpha value is -2.43. The van der Waals surface area contributed by atoms with Gasteiger partial charge in [0, 0.05) is 45.1 Å². The number of likely N-dealkylation sites (N-methyl/N-ethyl adjacent to an activating group) is 1. The van der Waals surface area contributed by atoms with E-state index >= 15 is 0 Å². The highest BCUT2D eigenvalue weighted by Gasteiger charge is 2.26. The first-order chi connectivity index (χ1) is 29.5. The Kier molecular flexibility index (Phi) is 30.5. The monoisotopic (exact) mass is 880 g/mol. The molecule has 0 aromatic carbocycles. The lowest BCUT2D eigenvalue weighted by Gasteiger charge is -2.20. The zero-order chi connectivity index (χ0) is 44.6. The van der Waals surface area contributed by atoms with Gasteiger partial charge < -0.3 is 28.5 Å². The van der Waals surface area contributed by atoms with Gasteiger partial charge in [0.2, 0.25) is 0 Å². The molecular weight excluding hydrogens is 794 g/mol. The first-order valence-electron chi connectivity index (χ1n) is 24.3. The summed E-state index contributed by atoms with van der Waals surface area (Å²) in [4.78, 5) is 35.4. The quantitative estimate of drug-likeness (QED) is 0.0374. The third-order valence-corrected chi connectivity index (χ3v) is 12.6. The lowest BCUT2D eigenvalue weighted by molar-refractivity contribution is -0.161. The summed E-state index contributed by atoms with van der Waals surface area (Å²) in [7, 11) is -2.68. The molecular formula is C49H86NO10P. The van der Waals surface area contributed by atoms with Crippen molar-refractivity contribution >= 4 is 19.8 Å². The molecule has 2 rings (SSSR count). The standard InChI is InChI=1S/C49H86NO10P/c1-7-9-23-29-43-37-40(3)45(58-43)30-25-19-15-11-13-17-21-27-33-48(51)55-38-44(39-57-61(53,54)56-36-35-50-6)59-49(52)34-28-22-18-14-12-16-20-26-32-47-42(5)41(4)46(60-47)31-24-10-8-2/h37,44,50H,7-36,38-39H2,1-6H3,(H,53,54)/t44-/m1/s1. The van der Waals surface area contributed by atoms with Crippen molar-refractivity contribution in [3.63, 3.8) is 0 Å². The van der Waals surface area contributed by atoms with E-state index < -0.39 is 32.5 Å². The topological polar surface area (TPSA) is 147 Å². The maximum absolute atomic E-state index is 12.7. The number of aryl methyl sites for hydroxylation is 5. The Morgan fingerprint density at radius 1 is 0.623 bits per heavy atom. The Labute approximate surface area is 370 Å². The van der Waals surface area contributed by atoms with Crippen LogP contribution in [0.25, 0.3) is 0 Å². The Morgan fingerprint density at radius 2 is 1.10 bits per heavy atom. The van der Waals surface area contributed by atoms with E-state index in [1.165, 1.54) is 99.5 Å². The van der Waals surface area contributed by atoms with Crippen LogP contribution in [0.2, 0.25) is 0 Å². The summed E-state index contributed by atoms with van der Waals surface area (Å²) in [6.45, 7) is 10.6. The molecule has 2 aromatic heterocycles. The van der Waals surface area contributed by atoms with Crippen molar-refractivity contribution in [1.82, 2.24) is 5.32 Å². The number of unbranched alkanes of at least 4 members (excludes halogenated alkanes) is 18. The highest BCUT2D eigenvalue weighted by Crippen LogP contribution is 2.43. The fraction of sp³-hybridized carbons (Fsp3) is 0.796. The summed E-state index contributed by atoms with van der Waals surface area (Å²) in [6.07, 6.45) is 27.8. The average Bonchev–Trinajstić information content (AvgIpc) is 3.72. The number of phosphoric acid groups is 1. The third kappa shape index (κ3) is 26.1. The van der Waals surface area contributed by atoms with Gasteiger partial charge in [-0.05, 0) is 89.1 Å². The molecule has 2 aromatic rings. The van der Waals surface area contributed by atoms with Gasteiger partial charge in [0.25, 0.3) is 0 Å². The van der Waals surface area contributed by atoms with Crippen molar-refractivity contribution in [3.8, 4) is 0 Å². The fourth-order valence-electron chi connectivity index (χ4n) is 7.57. The summed E-state index contributed by atoms with van der Waals surface area (Å²) in [5.41, 5.74) is 3.93. The molecule has 352 valence electrons. The molecule has 2 N–H and O–H groups in total. The number of phosphoric ester groups is 1. The van der Waals surface area contributed by atoms with E-state index in [0.717, 1.165) is 94.3 Å².